The van der Waals surface area contributed by atoms with E-state index in [0.29, 0.717) is 31.6 Å². The van der Waals surface area contributed by atoms with Gasteiger partial charge in [0.2, 0.25) is 5.91 Å². The van der Waals surface area contributed by atoms with E-state index in [1.54, 1.807) is 7.05 Å². The number of aliphatic imine (C=N–C) groups is 1. The Balaban J connectivity index is 1.50. The van der Waals surface area contributed by atoms with Gasteiger partial charge in [0.15, 0.2) is 17.3 Å². The van der Waals surface area contributed by atoms with Gasteiger partial charge >= 0.3 is 0 Å². The van der Waals surface area contributed by atoms with Crippen LogP contribution in [-0.2, 0) is 4.79 Å². The quantitative estimate of drug-likeness (QED) is 0.350. The van der Waals surface area contributed by atoms with Crippen LogP contribution in [0.2, 0.25) is 0 Å². The van der Waals surface area contributed by atoms with Crippen LogP contribution in [0.5, 0.6) is 5.75 Å². The van der Waals surface area contributed by atoms with Crippen molar-refractivity contribution >= 4 is 22.8 Å². The normalized spacial score (nSPS) is 15.3. The number of furan rings is 1. The number of hydrogen-bond acceptors (Lipinski definition) is 4. The number of benzene rings is 1. The highest BCUT2D eigenvalue weighted by Gasteiger charge is 2.22. The second kappa shape index (κ2) is 9.48. The van der Waals surface area contributed by atoms with Crippen molar-refractivity contribution in [1.82, 2.24) is 16.0 Å². The Labute approximate surface area is 165 Å². The molecule has 7 heteroatoms. The van der Waals surface area contributed by atoms with Gasteiger partial charge < -0.3 is 25.1 Å². The van der Waals surface area contributed by atoms with Gasteiger partial charge in [0.1, 0.15) is 5.76 Å². The van der Waals surface area contributed by atoms with Crippen molar-refractivity contribution in [2.75, 3.05) is 20.2 Å². The lowest BCUT2D eigenvalue weighted by molar-refractivity contribution is -0.121. The molecule has 1 atom stereocenters. The number of carbonyl (C=O) groups is 1. The van der Waals surface area contributed by atoms with Gasteiger partial charge in [0.25, 0.3) is 0 Å². The van der Waals surface area contributed by atoms with Crippen molar-refractivity contribution < 1.29 is 13.9 Å². The van der Waals surface area contributed by atoms with Crippen LogP contribution in [-0.4, -0.2) is 38.1 Å². The van der Waals surface area contributed by atoms with Gasteiger partial charge in [-0.2, -0.15) is 0 Å². The van der Waals surface area contributed by atoms with Crippen molar-refractivity contribution in [2.24, 2.45) is 4.99 Å². The summed E-state index contributed by atoms with van der Waals surface area (Å²) in [5.41, 5.74) is 0.762. The molecule has 1 amide bonds. The van der Waals surface area contributed by atoms with Crippen molar-refractivity contribution in [2.45, 2.75) is 51.6 Å². The average molecular weight is 386 g/mol. The third-order valence-corrected chi connectivity index (χ3v) is 4.65. The second-order valence-electron chi connectivity index (χ2n) is 7.07. The van der Waals surface area contributed by atoms with Gasteiger partial charge in [-0.25, -0.2) is 0 Å². The molecule has 28 heavy (non-hydrogen) atoms. The maximum atomic E-state index is 11.7. The van der Waals surface area contributed by atoms with Crippen molar-refractivity contribution in [3.05, 3.63) is 30.0 Å². The van der Waals surface area contributed by atoms with E-state index < -0.39 is 0 Å². The Bertz CT molecular complexity index is 826. The Morgan fingerprint density at radius 2 is 2.21 bits per heavy atom. The smallest absolute Gasteiger partial charge is 0.220 e. The monoisotopic (exact) mass is 386 g/mol. The molecule has 2 aromatic rings. The van der Waals surface area contributed by atoms with Crippen LogP contribution in [0.25, 0.3) is 11.0 Å². The van der Waals surface area contributed by atoms with Crippen LogP contribution in [0.4, 0.5) is 0 Å². The molecule has 1 saturated carbocycles. The van der Waals surface area contributed by atoms with Crippen LogP contribution in [0, 0.1) is 0 Å². The molecule has 1 aromatic carbocycles. The standard InChI is InChI=1S/C21H30N4O3/c1-4-27-17-8-5-7-15-13-18(28-20(15)17)14(2)24-21(22-3)23-12-6-9-19(26)25-16-10-11-16/h5,7-8,13-14,16H,4,6,9-12H2,1-3H3,(H,25,26)(H2,22,23,24). The first kappa shape index (κ1) is 20.0. The molecule has 1 fully saturated rings. The molecule has 0 saturated heterocycles. The van der Waals surface area contributed by atoms with Gasteiger partial charge in [-0.3, -0.25) is 9.79 Å². The first-order valence-corrected chi connectivity index (χ1v) is 10.0. The maximum Gasteiger partial charge on any atom is 0.220 e. The van der Waals surface area contributed by atoms with Crippen molar-refractivity contribution in [1.29, 1.82) is 0 Å². The minimum atomic E-state index is -0.0637. The Hall–Kier alpha value is -2.70. The summed E-state index contributed by atoms with van der Waals surface area (Å²) in [5.74, 6) is 2.38. The molecule has 3 rings (SSSR count). The lowest BCUT2D eigenvalue weighted by atomic mass is 10.2. The van der Waals surface area contributed by atoms with Crippen LogP contribution in [0.3, 0.4) is 0 Å². The van der Waals surface area contributed by atoms with E-state index in [-0.39, 0.29) is 11.9 Å². The summed E-state index contributed by atoms with van der Waals surface area (Å²) in [6.07, 6.45) is 3.52. The fourth-order valence-corrected chi connectivity index (χ4v) is 2.99. The first-order chi connectivity index (χ1) is 13.6. The Kier molecular flexibility index (Phi) is 6.79. The van der Waals surface area contributed by atoms with E-state index in [9.17, 15) is 4.79 Å². The number of carbonyl (C=O) groups excluding carboxylic acids is 1. The van der Waals surface area contributed by atoms with E-state index in [1.807, 2.05) is 38.1 Å². The fourth-order valence-electron chi connectivity index (χ4n) is 2.99. The summed E-state index contributed by atoms with van der Waals surface area (Å²) in [7, 11) is 1.73. The van der Waals surface area contributed by atoms with Crippen LogP contribution < -0.4 is 20.7 Å². The van der Waals surface area contributed by atoms with Crippen LogP contribution >= 0.6 is 0 Å². The van der Waals surface area contributed by atoms with E-state index in [4.69, 9.17) is 9.15 Å². The maximum absolute atomic E-state index is 11.7. The molecule has 3 N–H and O–H groups in total. The zero-order valence-electron chi connectivity index (χ0n) is 16.9. The lowest BCUT2D eigenvalue weighted by Gasteiger charge is -2.16. The molecule has 0 aliphatic heterocycles. The summed E-state index contributed by atoms with van der Waals surface area (Å²) in [6.45, 7) is 5.25. The fraction of sp³-hybridized carbons (Fsp3) is 0.524. The number of para-hydroxylation sites is 1. The largest absolute Gasteiger partial charge is 0.490 e. The summed E-state index contributed by atoms with van der Waals surface area (Å²) in [4.78, 5) is 16.0. The summed E-state index contributed by atoms with van der Waals surface area (Å²) in [5, 5.41) is 10.6. The Morgan fingerprint density at radius 3 is 2.93 bits per heavy atom. The minimum absolute atomic E-state index is 0.0637. The van der Waals surface area contributed by atoms with E-state index in [1.165, 1.54) is 0 Å². The molecule has 1 unspecified atom stereocenters. The number of guanidine groups is 1. The van der Waals surface area contributed by atoms with Crippen molar-refractivity contribution in [3.8, 4) is 5.75 Å². The Morgan fingerprint density at radius 1 is 1.39 bits per heavy atom. The third kappa shape index (κ3) is 5.41. The highest BCUT2D eigenvalue weighted by Crippen LogP contribution is 2.31. The van der Waals surface area contributed by atoms with E-state index >= 15 is 0 Å². The van der Waals surface area contributed by atoms with Gasteiger partial charge in [0, 0.05) is 31.4 Å². The molecule has 152 valence electrons. The summed E-state index contributed by atoms with van der Waals surface area (Å²) >= 11 is 0. The highest BCUT2D eigenvalue weighted by atomic mass is 16.5. The summed E-state index contributed by atoms with van der Waals surface area (Å²) < 4.78 is 11.7. The molecular weight excluding hydrogens is 356 g/mol. The predicted molar refractivity (Wildman–Crippen MR) is 111 cm³/mol. The molecule has 0 radical (unpaired) electrons. The minimum Gasteiger partial charge on any atom is -0.490 e. The topological polar surface area (TPSA) is 87.9 Å². The molecule has 1 aromatic heterocycles. The lowest BCUT2D eigenvalue weighted by Crippen LogP contribution is -2.39. The number of nitrogens with zero attached hydrogens (tertiary/aromatic N) is 1. The zero-order valence-corrected chi connectivity index (χ0v) is 16.9. The van der Waals surface area contributed by atoms with Gasteiger partial charge in [-0.15, -0.1) is 0 Å². The predicted octanol–water partition coefficient (Wildman–Crippen LogP) is 3.12. The van der Waals surface area contributed by atoms with E-state index in [0.717, 1.165) is 41.7 Å². The highest BCUT2D eigenvalue weighted by molar-refractivity contribution is 5.84. The molecule has 1 aliphatic rings. The molecule has 0 bridgehead atoms. The molecule has 0 spiro atoms. The number of rotatable bonds is 9. The molecule has 1 aliphatic carbocycles. The average Bonchev–Trinajstić information content (AvgIpc) is 3.38. The van der Waals surface area contributed by atoms with Gasteiger partial charge in [0.05, 0.1) is 12.6 Å². The van der Waals surface area contributed by atoms with Gasteiger partial charge in [-0.1, -0.05) is 12.1 Å². The number of hydrogen-bond donors (Lipinski definition) is 3. The van der Waals surface area contributed by atoms with Crippen LogP contribution in [0.1, 0.15) is 51.3 Å². The van der Waals surface area contributed by atoms with Crippen LogP contribution in [0.15, 0.2) is 33.7 Å². The van der Waals surface area contributed by atoms with E-state index in [2.05, 4.69) is 20.9 Å². The van der Waals surface area contributed by atoms with Gasteiger partial charge in [-0.05, 0) is 45.2 Å². The molecular formula is C21H30N4O3. The number of nitrogens with one attached hydrogen (secondary N) is 3. The third-order valence-electron chi connectivity index (χ3n) is 4.65. The SMILES string of the molecule is CCOc1cccc2cc(C(C)NC(=NC)NCCCC(=O)NC3CC3)oc12. The first-order valence-electron chi connectivity index (χ1n) is 10.0. The molecule has 7 nitrogen and oxygen atoms in total. The number of amides is 1. The zero-order chi connectivity index (χ0) is 19.9. The summed E-state index contributed by atoms with van der Waals surface area (Å²) in [6, 6.07) is 8.26. The van der Waals surface area contributed by atoms with Crippen molar-refractivity contribution in [3.63, 3.8) is 0 Å². The number of ether oxygens (including phenoxy) is 1. The number of fused-ring (bicyclic) bond motifs is 1. The molecule has 1 heterocycles. The second-order valence-corrected chi connectivity index (χ2v) is 7.07.